The number of hydrogen-bond acceptors (Lipinski definition) is 6. The Labute approximate surface area is 115 Å². The molecule has 102 valence electrons. The summed E-state index contributed by atoms with van der Waals surface area (Å²) in [5, 5.41) is 14.6. The van der Waals surface area contributed by atoms with Crippen molar-refractivity contribution in [3.63, 3.8) is 0 Å². The van der Waals surface area contributed by atoms with Gasteiger partial charge in [0, 0.05) is 7.05 Å². The molecule has 0 spiro atoms. The van der Waals surface area contributed by atoms with E-state index in [0.29, 0.717) is 17.0 Å². The van der Waals surface area contributed by atoms with E-state index in [4.69, 9.17) is 10.00 Å². The first kappa shape index (κ1) is 13.5. The van der Waals surface area contributed by atoms with E-state index in [1.54, 1.807) is 25.2 Å². The summed E-state index contributed by atoms with van der Waals surface area (Å²) in [4.78, 5) is 7.71. The lowest BCUT2D eigenvalue weighted by atomic mass is 10.2. The van der Waals surface area contributed by atoms with Crippen molar-refractivity contribution in [2.45, 2.75) is 0 Å². The molecule has 2 aromatic rings. The molecule has 1 aromatic heterocycles. The third kappa shape index (κ3) is 2.59. The van der Waals surface area contributed by atoms with Crippen LogP contribution in [0.4, 0.5) is 21.8 Å². The minimum absolute atomic E-state index is 0.0367. The van der Waals surface area contributed by atoms with Crippen molar-refractivity contribution in [3.05, 3.63) is 35.8 Å². The molecule has 20 heavy (non-hydrogen) atoms. The van der Waals surface area contributed by atoms with Crippen LogP contribution in [-0.2, 0) is 0 Å². The minimum Gasteiger partial charge on any atom is -0.495 e. The van der Waals surface area contributed by atoms with Crippen molar-refractivity contribution >= 4 is 17.5 Å². The lowest BCUT2D eigenvalue weighted by Gasteiger charge is -2.12. The zero-order valence-corrected chi connectivity index (χ0v) is 10.9. The average molecular weight is 273 g/mol. The summed E-state index contributed by atoms with van der Waals surface area (Å²) in [6.45, 7) is 0. The van der Waals surface area contributed by atoms with Gasteiger partial charge < -0.3 is 15.4 Å². The Bertz CT molecular complexity index is 668. The molecule has 6 nitrogen and oxygen atoms in total. The molecule has 0 radical (unpaired) electrons. The summed E-state index contributed by atoms with van der Waals surface area (Å²) in [6.07, 6.45) is 1.04. The maximum atomic E-state index is 13.7. The van der Waals surface area contributed by atoms with Gasteiger partial charge in [0.2, 0.25) is 5.95 Å². The highest BCUT2D eigenvalue weighted by atomic mass is 19.1. The summed E-state index contributed by atoms with van der Waals surface area (Å²) in [6, 6.07) is 6.96. The molecule has 0 aliphatic rings. The number of aromatic nitrogens is 2. The van der Waals surface area contributed by atoms with E-state index in [9.17, 15) is 4.39 Å². The zero-order valence-electron chi connectivity index (χ0n) is 10.9. The van der Waals surface area contributed by atoms with Crippen LogP contribution in [0.1, 0.15) is 5.56 Å². The third-order valence-corrected chi connectivity index (χ3v) is 2.58. The standard InChI is InChI=1S/C13H12FN5O/c1-16-13-17-7-9(14)12(19-13)18-11-8(6-15)4-3-5-10(11)20-2/h3-5,7H,1-2H3,(H2,16,17,18,19). The molecule has 7 heteroatoms. The van der Waals surface area contributed by atoms with E-state index in [1.807, 2.05) is 6.07 Å². The van der Waals surface area contributed by atoms with Crippen molar-refractivity contribution in [3.8, 4) is 11.8 Å². The Morgan fingerprint density at radius 3 is 2.85 bits per heavy atom. The van der Waals surface area contributed by atoms with Crippen LogP contribution in [-0.4, -0.2) is 24.1 Å². The van der Waals surface area contributed by atoms with Crippen LogP contribution in [0.15, 0.2) is 24.4 Å². The van der Waals surface area contributed by atoms with Crippen LogP contribution < -0.4 is 15.4 Å². The number of nitrogens with one attached hydrogen (secondary N) is 2. The molecular weight excluding hydrogens is 261 g/mol. The lowest BCUT2D eigenvalue weighted by Crippen LogP contribution is -2.05. The number of hydrogen-bond donors (Lipinski definition) is 2. The molecule has 2 N–H and O–H groups in total. The maximum absolute atomic E-state index is 13.7. The Morgan fingerprint density at radius 1 is 1.40 bits per heavy atom. The largest absolute Gasteiger partial charge is 0.495 e. The van der Waals surface area contributed by atoms with Crippen molar-refractivity contribution in [1.29, 1.82) is 5.26 Å². The highest BCUT2D eigenvalue weighted by Crippen LogP contribution is 2.31. The van der Waals surface area contributed by atoms with Crippen LogP contribution in [0, 0.1) is 17.1 Å². The zero-order chi connectivity index (χ0) is 14.5. The summed E-state index contributed by atoms with van der Waals surface area (Å²) in [5.41, 5.74) is 0.686. The quantitative estimate of drug-likeness (QED) is 0.889. The molecule has 0 saturated carbocycles. The molecule has 1 heterocycles. The highest BCUT2D eigenvalue weighted by molar-refractivity contribution is 5.72. The molecule has 0 amide bonds. The van der Waals surface area contributed by atoms with Gasteiger partial charge in [0.25, 0.3) is 0 Å². The summed E-state index contributed by atoms with van der Waals surface area (Å²) in [5.74, 6) is 0.0273. The first-order chi connectivity index (χ1) is 9.69. The Hall–Kier alpha value is -2.88. The number of anilines is 3. The number of ether oxygens (including phenoxy) is 1. The first-order valence-corrected chi connectivity index (χ1v) is 5.74. The second-order valence-corrected chi connectivity index (χ2v) is 3.76. The van der Waals surface area contributed by atoms with E-state index in [-0.39, 0.29) is 11.8 Å². The molecule has 0 fully saturated rings. The summed E-state index contributed by atoms with van der Waals surface area (Å²) < 4.78 is 18.9. The van der Waals surface area contributed by atoms with Gasteiger partial charge >= 0.3 is 0 Å². The fourth-order valence-corrected chi connectivity index (χ4v) is 1.62. The van der Waals surface area contributed by atoms with E-state index < -0.39 is 5.82 Å². The van der Waals surface area contributed by atoms with Gasteiger partial charge in [-0.25, -0.2) is 9.37 Å². The molecule has 0 unspecified atom stereocenters. The third-order valence-electron chi connectivity index (χ3n) is 2.58. The van der Waals surface area contributed by atoms with Crippen LogP contribution in [0.2, 0.25) is 0 Å². The molecular formula is C13H12FN5O. The predicted octanol–water partition coefficient (Wildman–Crippen LogP) is 2.28. The number of para-hydroxylation sites is 1. The Kier molecular flexibility index (Phi) is 3.96. The molecule has 0 saturated heterocycles. The topological polar surface area (TPSA) is 82.9 Å². The van der Waals surface area contributed by atoms with Gasteiger partial charge in [-0.05, 0) is 12.1 Å². The highest BCUT2D eigenvalue weighted by Gasteiger charge is 2.13. The van der Waals surface area contributed by atoms with E-state index in [0.717, 1.165) is 6.20 Å². The normalized spacial score (nSPS) is 9.70. The molecule has 0 aliphatic heterocycles. The van der Waals surface area contributed by atoms with Crippen molar-refractivity contribution in [1.82, 2.24) is 9.97 Å². The fraction of sp³-hybridized carbons (Fsp3) is 0.154. The summed E-state index contributed by atoms with van der Waals surface area (Å²) in [7, 11) is 3.10. The molecule has 2 rings (SSSR count). The second kappa shape index (κ2) is 5.84. The van der Waals surface area contributed by atoms with Gasteiger partial charge in [0.15, 0.2) is 11.6 Å². The smallest absolute Gasteiger partial charge is 0.224 e. The minimum atomic E-state index is -0.626. The van der Waals surface area contributed by atoms with E-state index >= 15 is 0 Å². The van der Waals surface area contributed by atoms with Gasteiger partial charge in [-0.2, -0.15) is 10.2 Å². The van der Waals surface area contributed by atoms with Gasteiger partial charge in [0.1, 0.15) is 17.5 Å². The summed E-state index contributed by atoms with van der Waals surface area (Å²) >= 11 is 0. The van der Waals surface area contributed by atoms with Gasteiger partial charge in [-0.1, -0.05) is 6.07 Å². The van der Waals surface area contributed by atoms with Crippen molar-refractivity contribution in [2.24, 2.45) is 0 Å². The van der Waals surface area contributed by atoms with E-state index in [2.05, 4.69) is 20.6 Å². The predicted molar refractivity (Wildman–Crippen MR) is 72.5 cm³/mol. The van der Waals surface area contributed by atoms with Gasteiger partial charge in [-0.3, -0.25) is 0 Å². The van der Waals surface area contributed by atoms with Crippen molar-refractivity contribution in [2.75, 3.05) is 24.8 Å². The Balaban J connectivity index is 2.47. The number of halogens is 1. The lowest BCUT2D eigenvalue weighted by molar-refractivity contribution is 0.416. The molecule has 0 atom stereocenters. The van der Waals surface area contributed by atoms with Crippen molar-refractivity contribution < 1.29 is 9.13 Å². The monoisotopic (exact) mass is 273 g/mol. The Morgan fingerprint density at radius 2 is 2.20 bits per heavy atom. The second-order valence-electron chi connectivity index (χ2n) is 3.76. The number of benzene rings is 1. The molecule has 1 aromatic carbocycles. The van der Waals surface area contributed by atoms with Crippen LogP contribution in [0.3, 0.4) is 0 Å². The number of rotatable bonds is 4. The number of nitrogens with zero attached hydrogens (tertiary/aromatic N) is 3. The average Bonchev–Trinajstić information content (AvgIpc) is 2.49. The maximum Gasteiger partial charge on any atom is 0.224 e. The van der Waals surface area contributed by atoms with E-state index in [1.165, 1.54) is 7.11 Å². The molecule has 0 bridgehead atoms. The fourth-order valence-electron chi connectivity index (χ4n) is 1.62. The van der Waals surface area contributed by atoms with Crippen LogP contribution in [0.5, 0.6) is 5.75 Å². The van der Waals surface area contributed by atoms with Gasteiger partial charge in [-0.15, -0.1) is 0 Å². The number of nitriles is 1. The number of methoxy groups -OCH3 is 1. The van der Waals surface area contributed by atoms with Gasteiger partial charge in [0.05, 0.1) is 18.9 Å². The van der Waals surface area contributed by atoms with Crippen LogP contribution >= 0.6 is 0 Å². The SMILES string of the molecule is CNc1ncc(F)c(Nc2c(C#N)cccc2OC)n1. The van der Waals surface area contributed by atoms with Crippen LogP contribution in [0.25, 0.3) is 0 Å². The molecule has 0 aliphatic carbocycles. The first-order valence-electron chi connectivity index (χ1n) is 5.74.